The minimum absolute atomic E-state index is 0.496. The summed E-state index contributed by atoms with van der Waals surface area (Å²) in [6.45, 7) is 6.38. The van der Waals surface area contributed by atoms with Gasteiger partial charge in [-0.15, -0.1) is 0 Å². The van der Waals surface area contributed by atoms with Crippen LogP contribution in [0.4, 0.5) is 0 Å². The number of pyridine rings is 1. The third-order valence-corrected chi connectivity index (χ3v) is 3.29. The van der Waals surface area contributed by atoms with Gasteiger partial charge in [-0.25, -0.2) is 4.98 Å². The third-order valence-electron chi connectivity index (χ3n) is 3.04. The van der Waals surface area contributed by atoms with Crippen LogP contribution in [0.5, 0.6) is 5.88 Å². The van der Waals surface area contributed by atoms with Crippen molar-refractivity contribution in [3.05, 3.63) is 58.2 Å². The van der Waals surface area contributed by atoms with E-state index < -0.39 is 0 Å². The van der Waals surface area contributed by atoms with Gasteiger partial charge in [-0.05, 0) is 36.7 Å². The summed E-state index contributed by atoms with van der Waals surface area (Å²) in [5.41, 5.74) is 3.27. The first-order valence-electron chi connectivity index (χ1n) is 6.73. The molecule has 1 aromatic heterocycles. The molecular weight excluding hydrogens is 272 g/mol. The number of aryl methyl sites for hydroxylation is 1. The second-order valence-electron chi connectivity index (χ2n) is 4.59. The van der Waals surface area contributed by atoms with Gasteiger partial charge in [0.1, 0.15) is 6.61 Å². The average molecular weight is 291 g/mol. The molecule has 1 aromatic carbocycles. The summed E-state index contributed by atoms with van der Waals surface area (Å²) in [7, 11) is 0. The molecule has 2 aromatic rings. The maximum absolute atomic E-state index is 5.85. The zero-order chi connectivity index (χ0) is 14.4. The number of nitrogens with one attached hydrogen (secondary N) is 1. The monoisotopic (exact) mass is 290 g/mol. The Kier molecular flexibility index (Phi) is 5.39. The largest absolute Gasteiger partial charge is 0.473 e. The van der Waals surface area contributed by atoms with Gasteiger partial charge >= 0.3 is 0 Å². The predicted molar refractivity (Wildman–Crippen MR) is 82.1 cm³/mol. The maximum Gasteiger partial charge on any atom is 0.213 e. The van der Waals surface area contributed by atoms with E-state index in [4.69, 9.17) is 16.3 Å². The van der Waals surface area contributed by atoms with Crippen molar-refractivity contribution in [3.63, 3.8) is 0 Å². The Hall–Kier alpha value is -1.58. The van der Waals surface area contributed by atoms with Crippen LogP contribution in [0.25, 0.3) is 0 Å². The topological polar surface area (TPSA) is 34.1 Å². The van der Waals surface area contributed by atoms with E-state index in [1.807, 2.05) is 37.3 Å². The lowest BCUT2D eigenvalue weighted by Gasteiger charge is -2.09. The summed E-state index contributed by atoms with van der Waals surface area (Å²) in [5.74, 6) is 0.651. The fraction of sp³-hybridized carbons (Fsp3) is 0.312. The molecule has 1 heterocycles. The van der Waals surface area contributed by atoms with E-state index in [-0.39, 0.29) is 0 Å². The summed E-state index contributed by atoms with van der Waals surface area (Å²) in [6.07, 6.45) is 0. The molecule has 1 N–H and O–H groups in total. The van der Waals surface area contributed by atoms with Crippen molar-refractivity contribution < 1.29 is 4.74 Å². The second kappa shape index (κ2) is 7.27. The fourth-order valence-electron chi connectivity index (χ4n) is 1.83. The van der Waals surface area contributed by atoms with E-state index in [9.17, 15) is 0 Å². The number of hydrogen-bond donors (Lipinski definition) is 1. The van der Waals surface area contributed by atoms with Crippen molar-refractivity contribution >= 4 is 11.6 Å². The highest BCUT2D eigenvalue weighted by Gasteiger charge is 2.03. The zero-order valence-electron chi connectivity index (χ0n) is 11.8. The minimum atomic E-state index is 0.496. The number of nitrogens with zero attached hydrogens (tertiary/aromatic N) is 1. The van der Waals surface area contributed by atoms with Crippen molar-refractivity contribution in [1.29, 1.82) is 0 Å². The molecule has 0 amide bonds. The average Bonchev–Trinajstić information content (AvgIpc) is 2.46. The second-order valence-corrected chi connectivity index (χ2v) is 5.03. The van der Waals surface area contributed by atoms with Crippen molar-refractivity contribution in [2.24, 2.45) is 0 Å². The Morgan fingerprint density at radius 3 is 2.55 bits per heavy atom. The molecule has 0 bridgehead atoms. The highest BCUT2D eigenvalue weighted by Crippen LogP contribution is 2.15. The van der Waals surface area contributed by atoms with Gasteiger partial charge in [0.15, 0.2) is 0 Å². The van der Waals surface area contributed by atoms with E-state index in [0.29, 0.717) is 12.5 Å². The summed E-state index contributed by atoms with van der Waals surface area (Å²) in [4.78, 5) is 4.47. The van der Waals surface area contributed by atoms with Crippen LogP contribution in [0.2, 0.25) is 5.02 Å². The third kappa shape index (κ3) is 4.22. The zero-order valence-corrected chi connectivity index (χ0v) is 12.6. The number of hydrogen-bond acceptors (Lipinski definition) is 3. The molecule has 3 nitrogen and oxygen atoms in total. The van der Waals surface area contributed by atoms with Crippen LogP contribution in [0, 0.1) is 6.92 Å². The summed E-state index contributed by atoms with van der Waals surface area (Å²) >= 11 is 5.85. The molecule has 0 fully saturated rings. The van der Waals surface area contributed by atoms with E-state index in [1.165, 1.54) is 5.56 Å². The molecule has 0 aliphatic heterocycles. The Bertz CT molecular complexity index is 555. The quantitative estimate of drug-likeness (QED) is 0.880. The van der Waals surface area contributed by atoms with Gasteiger partial charge in [0, 0.05) is 23.3 Å². The number of benzene rings is 1. The van der Waals surface area contributed by atoms with Crippen LogP contribution in [0.15, 0.2) is 36.4 Å². The van der Waals surface area contributed by atoms with Crippen molar-refractivity contribution in [2.75, 3.05) is 6.54 Å². The summed E-state index contributed by atoms with van der Waals surface area (Å²) < 4.78 is 5.70. The van der Waals surface area contributed by atoms with Gasteiger partial charge in [0.2, 0.25) is 5.88 Å². The van der Waals surface area contributed by atoms with E-state index in [2.05, 4.69) is 23.3 Å². The van der Waals surface area contributed by atoms with Crippen LogP contribution in [-0.2, 0) is 13.2 Å². The van der Waals surface area contributed by atoms with Crippen molar-refractivity contribution in [2.45, 2.75) is 27.0 Å². The van der Waals surface area contributed by atoms with Crippen LogP contribution in [0.3, 0.4) is 0 Å². The minimum Gasteiger partial charge on any atom is -0.473 e. The molecule has 0 saturated heterocycles. The maximum atomic E-state index is 5.85. The molecule has 0 radical (unpaired) electrons. The molecule has 20 heavy (non-hydrogen) atoms. The van der Waals surface area contributed by atoms with Crippen LogP contribution < -0.4 is 10.1 Å². The fourth-order valence-corrected chi connectivity index (χ4v) is 1.96. The van der Waals surface area contributed by atoms with Gasteiger partial charge in [-0.1, -0.05) is 36.7 Å². The van der Waals surface area contributed by atoms with E-state index in [0.717, 1.165) is 29.4 Å². The molecule has 2 rings (SSSR count). The van der Waals surface area contributed by atoms with Gasteiger partial charge in [0.05, 0.1) is 0 Å². The molecule has 0 aliphatic rings. The highest BCUT2D eigenvalue weighted by atomic mass is 35.5. The molecule has 4 heteroatoms. The van der Waals surface area contributed by atoms with Gasteiger partial charge in [-0.2, -0.15) is 0 Å². The molecular formula is C16H19ClN2O. The van der Waals surface area contributed by atoms with Crippen molar-refractivity contribution in [3.8, 4) is 5.88 Å². The SMILES string of the molecule is CCNCc1ccc(OCc2ccc(Cl)cc2)nc1C. The first-order valence-corrected chi connectivity index (χ1v) is 7.11. The number of rotatable bonds is 6. The molecule has 0 unspecified atom stereocenters. The molecule has 0 atom stereocenters. The number of aromatic nitrogens is 1. The predicted octanol–water partition coefficient (Wildman–Crippen LogP) is 3.73. The lowest BCUT2D eigenvalue weighted by molar-refractivity contribution is 0.293. The first kappa shape index (κ1) is 14.8. The van der Waals surface area contributed by atoms with Gasteiger partial charge in [-0.3, -0.25) is 0 Å². The lowest BCUT2D eigenvalue weighted by atomic mass is 10.2. The molecule has 106 valence electrons. The molecule has 0 spiro atoms. The normalized spacial score (nSPS) is 10.6. The molecule has 0 aliphatic carbocycles. The van der Waals surface area contributed by atoms with E-state index >= 15 is 0 Å². The Balaban J connectivity index is 1.96. The van der Waals surface area contributed by atoms with Gasteiger partial charge < -0.3 is 10.1 Å². The van der Waals surface area contributed by atoms with Crippen LogP contribution >= 0.6 is 11.6 Å². The lowest BCUT2D eigenvalue weighted by Crippen LogP contribution is -2.13. The first-order chi connectivity index (χ1) is 9.69. The Labute approximate surface area is 124 Å². The Morgan fingerprint density at radius 2 is 1.90 bits per heavy atom. The number of ether oxygens (including phenoxy) is 1. The van der Waals surface area contributed by atoms with Crippen molar-refractivity contribution in [1.82, 2.24) is 10.3 Å². The van der Waals surface area contributed by atoms with Gasteiger partial charge in [0.25, 0.3) is 0 Å². The van der Waals surface area contributed by atoms with E-state index in [1.54, 1.807) is 0 Å². The number of halogens is 1. The smallest absolute Gasteiger partial charge is 0.213 e. The highest BCUT2D eigenvalue weighted by molar-refractivity contribution is 6.30. The van der Waals surface area contributed by atoms with Crippen LogP contribution in [0.1, 0.15) is 23.7 Å². The van der Waals surface area contributed by atoms with Crippen LogP contribution in [-0.4, -0.2) is 11.5 Å². The summed E-state index contributed by atoms with van der Waals surface area (Å²) in [5, 5.41) is 4.03. The standard InChI is InChI=1S/C16H19ClN2O/c1-3-18-10-14-6-9-16(19-12(14)2)20-11-13-4-7-15(17)8-5-13/h4-9,18H,3,10-11H2,1-2H3. The molecule has 0 saturated carbocycles. The summed E-state index contributed by atoms with van der Waals surface area (Å²) in [6, 6.07) is 11.6. The Morgan fingerprint density at radius 1 is 1.15 bits per heavy atom.